The first-order chi connectivity index (χ1) is 15.6. The zero-order chi connectivity index (χ0) is 23.9. The standard InChI is InChI=1S/C23H27ClN6O3/c1-11-9-30(10-12(2)33-11)22(32)16-7-25-23(26-8-16)27-14(4)19-13(3)20-18(6-17(19)24)28-15(5)29-21(20)31/h6-8,11-12,14H,9-10H2,1-5H3,(H,25,26,27)(H,28,29,31). The van der Waals surface area contributed by atoms with Crippen LogP contribution in [0, 0.1) is 13.8 Å². The number of aromatic nitrogens is 4. The number of carbonyl (C=O) groups is 1. The van der Waals surface area contributed by atoms with Crippen molar-refractivity contribution in [3.63, 3.8) is 0 Å². The Balaban J connectivity index is 1.55. The Labute approximate surface area is 196 Å². The molecule has 0 aliphatic carbocycles. The third-order valence-electron chi connectivity index (χ3n) is 5.75. The SMILES string of the molecule is Cc1nc2cc(Cl)c(C(C)Nc3ncc(C(=O)N4CC(C)OC(C)C4)cn3)c(C)c2c(=O)[nH]1. The Morgan fingerprint density at radius 1 is 1.24 bits per heavy atom. The smallest absolute Gasteiger partial charge is 0.259 e. The molecular weight excluding hydrogens is 444 g/mol. The van der Waals surface area contributed by atoms with E-state index in [9.17, 15) is 9.59 Å². The summed E-state index contributed by atoms with van der Waals surface area (Å²) in [5, 5.41) is 4.21. The highest BCUT2D eigenvalue weighted by molar-refractivity contribution is 6.32. The summed E-state index contributed by atoms with van der Waals surface area (Å²) in [6, 6.07) is 1.41. The number of anilines is 1. The van der Waals surface area contributed by atoms with Crippen LogP contribution in [0.15, 0.2) is 23.3 Å². The van der Waals surface area contributed by atoms with Crippen LogP contribution in [0.1, 0.15) is 54.1 Å². The lowest BCUT2D eigenvalue weighted by atomic mass is 9.98. The lowest BCUT2D eigenvalue weighted by Crippen LogP contribution is -2.48. The molecule has 1 amide bonds. The summed E-state index contributed by atoms with van der Waals surface area (Å²) in [6.07, 6.45) is 3.01. The molecule has 174 valence electrons. The van der Waals surface area contributed by atoms with Crippen LogP contribution in [0.4, 0.5) is 5.95 Å². The number of amides is 1. The van der Waals surface area contributed by atoms with Gasteiger partial charge in [0.1, 0.15) is 5.82 Å². The van der Waals surface area contributed by atoms with Crippen LogP contribution in [-0.4, -0.2) is 56.0 Å². The molecule has 3 aromatic rings. The Hall–Kier alpha value is -3.04. The van der Waals surface area contributed by atoms with Gasteiger partial charge in [0.15, 0.2) is 0 Å². The fourth-order valence-electron chi connectivity index (χ4n) is 4.42. The number of benzene rings is 1. The summed E-state index contributed by atoms with van der Waals surface area (Å²) in [5.41, 5.74) is 2.28. The van der Waals surface area contributed by atoms with E-state index in [-0.39, 0.29) is 29.7 Å². The minimum absolute atomic E-state index is 0.0123. The van der Waals surface area contributed by atoms with E-state index < -0.39 is 0 Å². The minimum atomic E-state index is -0.287. The van der Waals surface area contributed by atoms with Crippen molar-refractivity contribution in [1.82, 2.24) is 24.8 Å². The second kappa shape index (κ2) is 9.07. The van der Waals surface area contributed by atoms with Gasteiger partial charge in [-0.15, -0.1) is 0 Å². The topological polar surface area (TPSA) is 113 Å². The molecule has 0 spiro atoms. The third-order valence-corrected chi connectivity index (χ3v) is 6.06. The van der Waals surface area contributed by atoms with Gasteiger partial charge in [0.25, 0.3) is 11.5 Å². The molecule has 0 saturated carbocycles. The van der Waals surface area contributed by atoms with E-state index in [1.807, 2.05) is 27.7 Å². The van der Waals surface area contributed by atoms with Gasteiger partial charge in [-0.2, -0.15) is 0 Å². The van der Waals surface area contributed by atoms with Crippen molar-refractivity contribution >= 4 is 34.4 Å². The van der Waals surface area contributed by atoms with Crippen molar-refractivity contribution in [1.29, 1.82) is 0 Å². The second-order valence-corrected chi connectivity index (χ2v) is 8.98. The first kappa shape index (κ1) is 23.1. The van der Waals surface area contributed by atoms with E-state index in [2.05, 4.69) is 25.3 Å². The predicted octanol–water partition coefficient (Wildman–Crippen LogP) is 3.41. The van der Waals surface area contributed by atoms with Crippen molar-refractivity contribution < 1.29 is 9.53 Å². The summed E-state index contributed by atoms with van der Waals surface area (Å²) in [5.74, 6) is 0.771. The molecule has 2 N–H and O–H groups in total. The monoisotopic (exact) mass is 470 g/mol. The molecule has 0 bridgehead atoms. The third kappa shape index (κ3) is 4.69. The van der Waals surface area contributed by atoms with Crippen LogP contribution in [0.5, 0.6) is 0 Å². The molecule has 3 heterocycles. The maximum Gasteiger partial charge on any atom is 0.259 e. The number of ether oxygens (including phenoxy) is 1. The van der Waals surface area contributed by atoms with Crippen molar-refractivity contribution in [3.8, 4) is 0 Å². The number of hydrogen-bond donors (Lipinski definition) is 2. The van der Waals surface area contributed by atoms with Gasteiger partial charge >= 0.3 is 0 Å². The van der Waals surface area contributed by atoms with E-state index in [1.165, 1.54) is 12.4 Å². The Kier molecular flexibility index (Phi) is 6.36. The molecule has 33 heavy (non-hydrogen) atoms. The predicted molar refractivity (Wildman–Crippen MR) is 127 cm³/mol. The van der Waals surface area contributed by atoms with Gasteiger partial charge in [0.05, 0.1) is 34.7 Å². The summed E-state index contributed by atoms with van der Waals surface area (Å²) in [4.78, 5) is 42.9. The number of aromatic amines is 1. The van der Waals surface area contributed by atoms with Crippen molar-refractivity contribution in [2.24, 2.45) is 0 Å². The number of hydrogen-bond acceptors (Lipinski definition) is 7. The van der Waals surface area contributed by atoms with Crippen LogP contribution in [0.2, 0.25) is 5.02 Å². The van der Waals surface area contributed by atoms with Gasteiger partial charge in [0.2, 0.25) is 5.95 Å². The quantitative estimate of drug-likeness (QED) is 0.600. The molecule has 4 rings (SSSR count). The van der Waals surface area contributed by atoms with Crippen LogP contribution >= 0.6 is 11.6 Å². The average Bonchev–Trinajstić information content (AvgIpc) is 2.72. The molecular formula is C23H27ClN6O3. The Bertz CT molecular complexity index is 1250. The molecule has 3 unspecified atom stereocenters. The largest absolute Gasteiger partial charge is 0.372 e. The summed E-state index contributed by atoms with van der Waals surface area (Å²) >= 11 is 6.56. The molecule has 3 atom stereocenters. The highest BCUT2D eigenvalue weighted by atomic mass is 35.5. The zero-order valence-corrected chi connectivity index (χ0v) is 20.0. The maximum absolute atomic E-state index is 12.8. The molecule has 1 aliphatic heterocycles. The molecule has 1 fully saturated rings. The summed E-state index contributed by atoms with van der Waals surface area (Å²) in [6.45, 7) is 10.5. The number of nitrogens with zero attached hydrogens (tertiary/aromatic N) is 4. The molecule has 1 aliphatic rings. The second-order valence-electron chi connectivity index (χ2n) is 8.57. The molecule has 0 radical (unpaired) electrons. The van der Waals surface area contributed by atoms with Crippen LogP contribution in [-0.2, 0) is 4.74 Å². The van der Waals surface area contributed by atoms with E-state index in [0.717, 1.165) is 11.1 Å². The molecule has 1 aromatic carbocycles. The summed E-state index contributed by atoms with van der Waals surface area (Å²) in [7, 11) is 0. The van der Waals surface area contributed by atoms with Gasteiger partial charge in [-0.3, -0.25) is 9.59 Å². The molecule has 2 aromatic heterocycles. The Morgan fingerprint density at radius 3 is 2.52 bits per heavy atom. The number of halogens is 1. The molecule has 1 saturated heterocycles. The fourth-order valence-corrected chi connectivity index (χ4v) is 4.83. The lowest BCUT2D eigenvalue weighted by molar-refractivity contribution is -0.0586. The zero-order valence-electron chi connectivity index (χ0n) is 19.3. The number of H-pyrrole nitrogens is 1. The van der Waals surface area contributed by atoms with Gasteiger partial charge in [-0.1, -0.05) is 11.6 Å². The first-order valence-corrected chi connectivity index (χ1v) is 11.2. The van der Waals surface area contributed by atoms with Crippen molar-refractivity contribution in [2.45, 2.75) is 52.9 Å². The molecule has 10 heteroatoms. The highest BCUT2D eigenvalue weighted by Gasteiger charge is 2.27. The first-order valence-electron chi connectivity index (χ1n) is 10.9. The average molecular weight is 471 g/mol. The normalized spacial score (nSPS) is 19.5. The number of rotatable bonds is 4. The van der Waals surface area contributed by atoms with Gasteiger partial charge < -0.3 is 19.9 Å². The van der Waals surface area contributed by atoms with E-state index in [0.29, 0.717) is 46.4 Å². The minimum Gasteiger partial charge on any atom is -0.372 e. The number of fused-ring (bicyclic) bond motifs is 1. The number of morpholine rings is 1. The van der Waals surface area contributed by atoms with Crippen LogP contribution in [0.3, 0.4) is 0 Å². The van der Waals surface area contributed by atoms with Crippen molar-refractivity contribution in [2.75, 3.05) is 18.4 Å². The van der Waals surface area contributed by atoms with Gasteiger partial charge in [-0.25, -0.2) is 15.0 Å². The van der Waals surface area contributed by atoms with E-state index in [4.69, 9.17) is 16.3 Å². The lowest BCUT2D eigenvalue weighted by Gasteiger charge is -2.35. The number of carbonyl (C=O) groups excluding carboxylic acids is 1. The van der Waals surface area contributed by atoms with Gasteiger partial charge in [0, 0.05) is 30.5 Å². The Morgan fingerprint density at radius 2 is 1.88 bits per heavy atom. The van der Waals surface area contributed by atoms with Crippen molar-refractivity contribution in [3.05, 3.63) is 56.4 Å². The highest BCUT2D eigenvalue weighted by Crippen LogP contribution is 2.32. The van der Waals surface area contributed by atoms with Gasteiger partial charge in [-0.05, 0) is 51.8 Å². The van der Waals surface area contributed by atoms with E-state index in [1.54, 1.807) is 17.9 Å². The molecule has 9 nitrogen and oxygen atoms in total. The number of nitrogens with one attached hydrogen (secondary N) is 2. The van der Waals surface area contributed by atoms with E-state index >= 15 is 0 Å². The fraction of sp³-hybridized carbons (Fsp3) is 0.435. The van der Waals surface area contributed by atoms with Crippen LogP contribution < -0.4 is 10.9 Å². The summed E-state index contributed by atoms with van der Waals surface area (Å²) < 4.78 is 5.70. The van der Waals surface area contributed by atoms with Crippen LogP contribution in [0.25, 0.3) is 10.9 Å². The maximum atomic E-state index is 12.8. The number of aryl methyl sites for hydroxylation is 2.